The number of likely N-dealkylation sites (N-methyl/N-ethyl adjacent to an activating group) is 1. The second-order valence-electron chi connectivity index (χ2n) is 6.19. The maximum Gasteiger partial charge on any atom is 0.272 e. The molecule has 1 aromatic heterocycles. The molecule has 0 radical (unpaired) electrons. The first kappa shape index (κ1) is 19.9. The van der Waals surface area contributed by atoms with Gasteiger partial charge in [-0.2, -0.15) is 5.10 Å². The molecule has 5 nitrogen and oxygen atoms in total. The van der Waals surface area contributed by atoms with Crippen LogP contribution in [0.15, 0.2) is 28.7 Å². The van der Waals surface area contributed by atoms with Crippen LogP contribution in [0.3, 0.4) is 0 Å². The second-order valence-corrected chi connectivity index (χ2v) is 7.10. The third-order valence-electron chi connectivity index (χ3n) is 4.32. The van der Waals surface area contributed by atoms with Gasteiger partial charge in [0, 0.05) is 28.3 Å². The third-order valence-corrected chi connectivity index (χ3v) is 4.81. The normalized spacial score (nSPS) is 13.9. The van der Waals surface area contributed by atoms with Gasteiger partial charge in [-0.05, 0) is 50.9 Å². The Kier molecular flexibility index (Phi) is 7.04. The summed E-state index contributed by atoms with van der Waals surface area (Å²) in [4.78, 5) is 12.6. The highest BCUT2D eigenvalue weighted by Crippen LogP contribution is 2.28. The van der Waals surface area contributed by atoms with Crippen molar-refractivity contribution in [1.82, 2.24) is 20.4 Å². The van der Waals surface area contributed by atoms with Crippen LogP contribution >= 0.6 is 28.3 Å². The number of rotatable bonds is 6. The molecule has 1 aromatic carbocycles. The first-order valence-corrected chi connectivity index (χ1v) is 9.27. The van der Waals surface area contributed by atoms with E-state index in [1.165, 1.54) is 0 Å². The molecule has 0 fully saturated rings. The molecule has 0 saturated heterocycles. The number of aromatic nitrogens is 2. The zero-order chi connectivity index (χ0) is 17.1. The van der Waals surface area contributed by atoms with Gasteiger partial charge >= 0.3 is 0 Å². The van der Waals surface area contributed by atoms with Crippen molar-refractivity contribution in [3.63, 3.8) is 0 Å². The van der Waals surface area contributed by atoms with Gasteiger partial charge in [0.25, 0.3) is 5.91 Å². The van der Waals surface area contributed by atoms with Gasteiger partial charge in [-0.25, -0.2) is 4.68 Å². The van der Waals surface area contributed by atoms with E-state index in [1.807, 2.05) is 28.9 Å². The lowest BCUT2D eigenvalue weighted by atomic mass is 10.2. The molecule has 1 heterocycles. The Morgan fingerprint density at radius 3 is 2.92 bits per heavy atom. The molecule has 2 aromatic rings. The monoisotopic (exact) mass is 426 g/mol. The molecular formula is C18H24BrClN4O. The predicted octanol–water partition coefficient (Wildman–Crippen LogP) is 3.27. The zero-order valence-corrected chi connectivity index (χ0v) is 16.9. The lowest BCUT2D eigenvalue weighted by molar-refractivity contribution is 0.0944. The molecular weight excluding hydrogens is 404 g/mol. The molecule has 0 saturated carbocycles. The SMILES string of the molecule is CCN[C@H](C)CNC(=O)c1nn(-c2cccc(Br)c2)c2c1CCC2.Cl. The number of hydrogen-bond donors (Lipinski definition) is 2. The molecule has 136 valence electrons. The van der Waals surface area contributed by atoms with Crippen molar-refractivity contribution in [1.29, 1.82) is 0 Å². The molecule has 2 N–H and O–H groups in total. The lowest BCUT2D eigenvalue weighted by Gasteiger charge is -2.12. The molecule has 0 aliphatic heterocycles. The molecule has 0 unspecified atom stereocenters. The highest BCUT2D eigenvalue weighted by molar-refractivity contribution is 9.10. The van der Waals surface area contributed by atoms with Crippen LogP contribution in [-0.4, -0.2) is 34.8 Å². The van der Waals surface area contributed by atoms with Gasteiger partial charge in [-0.3, -0.25) is 4.79 Å². The molecule has 0 bridgehead atoms. The number of nitrogens with zero attached hydrogens (tertiary/aromatic N) is 2. The van der Waals surface area contributed by atoms with Crippen LogP contribution in [0.5, 0.6) is 0 Å². The van der Waals surface area contributed by atoms with Gasteiger partial charge < -0.3 is 10.6 Å². The summed E-state index contributed by atoms with van der Waals surface area (Å²) in [6.07, 6.45) is 2.97. The van der Waals surface area contributed by atoms with Gasteiger partial charge in [0.05, 0.1) is 5.69 Å². The molecule has 7 heteroatoms. The average molecular weight is 428 g/mol. The number of halogens is 2. The van der Waals surface area contributed by atoms with E-state index in [9.17, 15) is 4.79 Å². The number of hydrogen-bond acceptors (Lipinski definition) is 3. The second kappa shape index (κ2) is 8.83. The van der Waals surface area contributed by atoms with E-state index >= 15 is 0 Å². The summed E-state index contributed by atoms with van der Waals surface area (Å²) in [6.45, 7) is 5.62. The van der Waals surface area contributed by atoms with E-state index in [0.29, 0.717) is 12.2 Å². The summed E-state index contributed by atoms with van der Waals surface area (Å²) < 4.78 is 2.93. The minimum Gasteiger partial charge on any atom is -0.349 e. The van der Waals surface area contributed by atoms with Crippen molar-refractivity contribution >= 4 is 34.2 Å². The molecule has 25 heavy (non-hydrogen) atoms. The van der Waals surface area contributed by atoms with Gasteiger partial charge in [-0.15, -0.1) is 12.4 Å². The van der Waals surface area contributed by atoms with Gasteiger partial charge in [0.15, 0.2) is 5.69 Å². The summed E-state index contributed by atoms with van der Waals surface area (Å²) in [5, 5.41) is 10.9. The van der Waals surface area contributed by atoms with Gasteiger partial charge in [0.1, 0.15) is 0 Å². The zero-order valence-electron chi connectivity index (χ0n) is 14.5. The van der Waals surface area contributed by atoms with E-state index in [4.69, 9.17) is 0 Å². The number of nitrogens with one attached hydrogen (secondary N) is 2. The molecule has 1 amide bonds. The van der Waals surface area contributed by atoms with Crippen LogP contribution < -0.4 is 10.6 Å². The number of carbonyl (C=O) groups is 1. The van der Waals surface area contributed by atoms with Crippen LogP contribution in [-0.2, 0) is 12.8 Å². The van der Waals surface area contributed by atoms with Crippen LogP contribution in [0.1, 0.15) is 42.0 Å². The fraction of sp³-hybridized carbons (Fsp3) is 0.444. The van der Waals surface area contributed by atoms with Crippen molar-refractivity contribution in [2.24, 2.45) is 0 Å². The third kappa shape index (κ3) is 4.43. The summed E-state index contributed by atoms with van der Waals surface area (Å²) in [6, 6.07) is 8.27. The Balaban J connectivity index is 0.00000225. The predicted molar refractivity (Wildman–Crippen MR) is 106 cm³/mol. The minimum absolute atomic E-state index is 0. The summed E-state index contributed by atoms with van der Waals surface area (Å²) in [5.41, 5.74) is 3.83. The van der Waals surface area contributed by atoms with E-state index in [2.05, 4.69) is 45.5 Å². The van der Waals surface area contributed by atoms with E-state index in [0.717, 1.165) is 47.2 Å². The summed E-state index contributed by atoms with van der Waals surface area (Å²) in [5.74, 6) is -0.0772. The standard InChI is InChI=1S/C18H23BrN4O.ClH/c1-3-20-12(2)11-21-18(24)17-15-8-5-9-16(15)23(22-17)14-7-4-6-13(19)10-14;/h4,6-7,10,12,20H,3,5,8-9,11H2,1-2H3,(H,21,24);1H/t12-;/m1./s1. The Hall–Kier alpha value is -1.37. The summed E-state index contributed by atoms with van der Waals surface area (Å²) in [7, 11) is 0. The van der Waals surface area contributed by atoms with Crippen molar-refractivity contribution in [3.05, 3.63) is 45.7 Å². The fourth-order valence-corrected chi connectivity index (χ4v) is 3.58. The quantitative estimate of drug-likeness (QED) is 0.744. The first-order chi connectivity index (χ1) is 11.6. The van der Waals surface area contributed by atoms with E-state index in [-0.39, 0.29) is 24.4 Å². The Bertz CT molecular complexity index is 747. The number of carbonyl (C=O) groups excluding carboxylic acids is 1. The van der Waals surface area contributed by atoms with Crippen LogP contribution in [0, 0.1) is 0 Å². The van der Waals surface area contributed by atoms with Crippen molar-refractivity contribution in [2.45, 2.75) is 39.2 Å². The minimum atomic E-state index is -0.0772. The Morgan fingerprint density at radius 1 is 1.40 bits per heavy atom. The lowest BCUT2D eigenvalue weighted by Crippen LogP contribution is -2.39. The van der Waals surface area contributed by atoms with E-state index in [1.54, 1.807) is 0 Å². The van der Waals surface area contributed by atoms with Gasteiger partial charge in [0.2, 0.25) is 0 Å². The molecule has 3 rings (SSSR count). The van der Waals surface area contributed by atoms with Crippen molar-refractivity contribution < 1.29 is 4.79 Å². The molecule has 1 atom stereocenters. The summed E-state index contributed by atoms with van der Waals surface area (Å²) >= 11 is 3.50. The highest BCUT2D eigenvalue weighted by Gasteiger charge is 2.27. The number of amides is 1. The average Bonchev–Trinajstić information content (AvgIpc) is 3.15. The maximum atomic E-state index is 12.6. The van der Waals surface area contributed by atoms with Crippen molar-refractivity contribution in [2.75, 3.05) is 13.1 Å². The number of fused-ring (bicyclic) bond motifs is 1. The van der Waals surface area contributed by atoms with Gasteiger partial charge in [-0.1, -0.05) is 28.9 Å². The van der Waals surface area contributed by atoms with Crippen LogP contribution in [0.4, 0.5) is 0 Å². The highest BCUT2D eigenvalue weighted by atomic mass is 79.9. The molecule has 0 spiro atoms. The fourth-order valence-electron chi connectivity index (χ4n) is 3.19. The largest absolute Gasteiger partial charge is 0.349 e. The Labute approximate surface area is 163 Å². The molecule has 1 aliphatic carbocycles. The van der Waals surface area contributed by atoms with Crippen LogP contribution in [0.2, 0.25) is 0 Å². The molecule has 1 aliphatic rings. The topological polar surface area (TPSA) is 58.9 Å². The van der Waals surface area contributed by atoms with Crippen molar-refractivity contribution in [3.8, 4) is 5.69 Å². The van der Waals surface area contributed by atoms with Crippen LogP contribution in [0.25, 0.3) is 5.69 Å². The smallest absolute Gasteiger partial charge is 0.272 e. The number of benzene rings is 1. The Morgan fingerprint density at radius 2 is 2.20 bits per heavy atom. The first-order valence-electron chi connectivity index (χ1n) is 8.48. The maximum absolute atomic E-state index is 12.6. The van der Waals surface area contributed by atoms with E-state index < -0.39 is 0 Å².